The molecule has 0 bridgehead atoms. The lowest BCUT2D eigenvalue weighted by Gasteiger charge is -2.02. The van der Waals surface area contributed by atoms with Crippen LogP contribution in [0.2, 0.25) is 0 Å². The second-order valence-electron chi connectivity index (χ2n) is 3.86. The fraction of sp³-hybridized carbons (Fsp3) is 0. The highest BCUT2D eigenvalue weighted by molar-refractivity contribution is 5.67. The molecular formula is C15H13FN2O. The number of carbonyl (C=O) groups is 1. The minimum atomic E-state index is -0.205. The van der Waals surface area contributed by atoms with Gasteiger partial charge < -0.3 is 10.1 Å². The summed E-state index contributed by atoms with van der Waals surface area (Å²) in [6.45, 7) is 0. The number of benzene rings is 1. The molecule has 0 aliphatic carbocycles. The summed E-state index contributed by atoms with van der Waals surface area (Å²) in [6.07, 6.45) is 2.23. The van der Waals surface area contributed by atoms with Crippen LogP contribution in [0, 0.1) is 5.82 Å². The topological polar surface area (TPSA) is 47.5 Å². The third kappa shape index (κ3) is 2.80. The second-order valence-corrected chi connectivity index (χ2v) is 3.86. The zero-order chi connectivity index (χ0) is 13.7. The number of carbonyl (C=O) groups excluding carboxylic acids is 1. The van der Waals surface area contributed by atoms with Crippen molar-refractivity contribution in [3.8, 4) is 11.3 Å². The van der Waals surface area contributed by atoms with Gasteiger partial charge in [0.25, 0.3) is 0 Å². The summed E-state index contributed by atoms with van der Waals surface area (Å²) < 4.78 is 15.2. The Hall–Kier alpha value is -2.62. The lowest BCUT2D eigenvalue weighted by Crippen LogP contribution is -1.87. The highest BCUT2D eigenvalue weighted by atomic mass is 19.1. The Labute approximate surface area is 110 Å². The molecule has 0 unspecified atom stereocenters. The molecule has 2 heterocycles. The SMILES string of the molecule is Fc1cccc(-c2ccc3ccccn23)c1.NC=O. The standard InChI is InChI=1S/C14H10FN.CH3NO/c15-12-5-3-4-11(10-12)14-8-7-13-6-1-2-9-16(13)14;2-1-3/h1-10H;1H,(H2,2,3). The van der Waals surface area contributed by atoms with E-state index < -0.39 is 0 Å². The monoisotopic (exact) mass is 256 g/mol. The van der Waals surface area contributed by atoms with Crippen LogP contribution in [0.3, 0.4) is 0 Å². The molecule has 96 valence electrons. The van der Waals surface area contributed by atoms with Crippen LogP contribution in [-0.2, 0) is 4.79 Å². The largest absolute Gasteiger partial charge is 0.372 e. The normalized spacial score (nSPS) is 9.74. The summed E-state index contributed by atoms with van der Waals surface area (Å²) in [5.74, 6) is -0.205. The van der Waals surface area contributed by atoms with Crippen molar-refractivity contribution in [3.63, 3.8) is 0 Å². The van der Waals surface area contributed by atoms with Gasteiger partial charge in [-0.15, -0.1) is 0 Å². The third-order valence-corrected chi connectivity index (χ3v) is 2.68. The molecule has 19 heavy (non-hydrogen) atoms. The summed E-state index contributed by atoms with van der Waals surface area (Å²) in [7, 11) is 0. The van der Waals surface area contributed by atoms with E-state index in [9.17, 15) is 4.39 Å². The van der Waals surface area contributed by atoms with Crippen molar-refractivity contribution in [2.75, 3.05) is 0 Å². The molecule has 3 rings (SSSR count). The van der Waals surface area contributed by atoms with Crippen LogP contribution >= 0.6 is 0 Å². The number of rotatable bonds is 1. The summed E-state index contributed by atoms with van der Waals surface area (Å²) in [4.78, 5) is 8.58. The highest BCUT2D eigenvalue weighted by Crippen LogP contribution is 2.22. The van der Waals surface area contributed by atoms with E-state index in [2.05, 4.69) is 10.1 Å². The van der Waals surface area contributed by atoms with E-state index in [-0.39, 0.29) is 12.2 Å². The number of aromatic nitrogens is 1. The van der Waals surface area contributed by atoms with Gasteiger partial charge in [-0.1, -0.05) is 18.2 Å². The Morgan fingerprint density at radius 1 is 1.05 bits per heavy atom. The molecule has 0 radical (unpaired) electrons. The molecule has 4 heteroatoms. The molecule has 3 nitrogen and oxygen atoms in total. The number of fused-ring (bicyclic) bond motifs is 1. The van der Waals surface area contributed by atoms with E-state index >= 15 is 0 Å². The Morgan fingerprint density at radius 2 is 1.84 bits per heavy atom. The first-order chi connectivity index (χ1) is 9.26. The van der Waals surface area contributed by atoms with Crippen LogP contribution in [0.1, 0.15) is 0 Å². The zero-order valence-electron chi connectivity index (χ0n) is 10.2. The maximum absolute atomic E-state index is 13.1. The quantitative estimate of drug-likeness (QED) is 0.669. The minimum Gasteiger partial charge on any atom is -0.372 e. The number of nitrogens with two attached hydrogens (primary N) is 1. The van der Waals surface area contributed by atoms with Crippen molar-refractivity contribution in [1.82, 2.24) is 4.40 Å². The van der Waals surface area contributed by atoms with Crippen molar-refractivity contribution in [2.45, 2.75) is 0 Å². The van der Waals surface area contributed by atoms with Crippen molar-refractivity contribution in [1.29, 1.82) is 0 Å². The van der Waals surface area contributed by atoms with E-state index in [0.29, 0.717) is 0 Å². The molecule has 0 aliphatic heterocycles. The Kier molecular flexibility index (Phi) is 3.93. The van der Waals surface area contributed by atoms with E-state index in [4.69, 9.17) is 4.79 Å². The average Bonchev–Trinajstić information content (AvgIpc) is 2.83. The number of amides is 1. The molecule has 3 aromatic rings. The van der Waals surface area contributed by atoms with Gasteiger partial charge in [0.2, 0.25) is 6.41 Å². The molecule has 0 saturated carbocycles. The Morgan fingerprint density at radius 3 is 2.58 bits per heavy atom. The van der Waals surface area contributed by atoms with Gasteiger partial charge in [-0.05, 0) is 36.4 Å². The first-order valence-corrected chi connectivity index (χ1v) is 5.73. The van der Waals surface area contributed by atoms with Gasteiger partial charge >= 0.3 is 0 Å². The molecule has 0 atom stereocenters. The van der Waals surface area contributed by atoms with Crippen LogP contribution in [0.5, 0.6) is 0 Å². The predicted octanol–water partition coefficient (Wildman–Crippen LogP) is 2.85. The number of primary amides is 1. The van der Waals surface area contributed by atoms with E-state index in [0.717, 1.165) is 16.8 Å². The fourth-order valence-electron chi connectivity index (χ4n) is 1.94. The molecule has 1 amide bonds. The van der Waals surface area contributed by atoms with Crippen LogP contribution < -0.4 is 5.73 Å². The van der Waals surface area contributed by atoms with E-state index in [1.54, 1.807) is 12.1 Å². The van der Waals surface area contributed by atoms with E-state index in [1.807, 2.05) is 42.6 Å². The van der Waals surface area contributed by atoms with Gasteiger partial charge in [0.05, 0.1) is 5.69 Å². The number of halogens is 1. The number of hydrogen-bond acceptors (Lipinski definition) is 1. The molecule has 0 saturated heterocycles. The van der Waals surface area contributed by atoms with Crippen LogP contribution in [0.4, 0.5) is 4.39 Å². The maximum Gasteiger partial charge on any atom is 0.204 e. The average molecular weight is 256 g/mol. The van der Waals surface area contributed by atoms with Gasteiger partial charge in [-0.25, -0.2) is 4.39 Å². The molecular weight excluding hydrogens is 243 g/mol. The summed E-state index contributed by atoms with van der Waals surface area (Å²) >= 11 is 0. The predicted molar refractivity (Wildman–Crippen MR) is 73.0 cm³/mol. The summed E-state index contributed by atoms with van der Waals surface area (Å²) in [5, 5.41) is 0. The summed E-state index contributed by atoms with van der Waals surface area (Å²) in [5.41, 5.74) is 7.18. The van der Waals surface area contributed by atoms with Gasteiger partial charge in [0.15, 0.2) is 0 Å². The van der Waals surface area contributed by atoms with E-state index in [1.165, 1.54) is 6.07 Å². The minimum absolute atomic E-state index is 0.205. The first kappa shape index (κ1) is 12.8. The molecule has 1 aromatic carbocycles. The highest BCUT2D eigenvalue weighted by Gasteiger charge is 2.03. The lowest BCUT2D eigenvalue weighted by molar-refractivity contribution is -0.106. The number of nitrogens with zero attached hydrogens (tertiary/aromatic N) is 1. The molecule has 0 aliphatic rings. The molecule has 2 N–H and O–H groups in total. The van der Waals surface area contributed by atoms with Crippen molar-refractivity contribution >= 4 is 11.9 Å². The number of pyridine rings is 1. The van der Waals surface area contributed by atoms with Crippen LogP contribution in [-0.4, -0.2) is 10.8 Å². The maximum atomic E-state index is 13.1. The van der Waals surface area contributed by atoms with Gasteiger partial charge in [0, 0.05) is 17.3 Å². The lowest BCUT2D eigenvalue weighted by atomic mass is 10.1. The van der Waals surface area contributed by atoms with Crippen molar-refractivity contribution < 1.29 is 9.18 Å². The Bertz CT molecular complexity index is 691. The smallest absolute Gasteiger partial charge is 0.204 e. The van der Waals surface area contributed by atoms with Crippen LogP contribution in [0.25, 0.3) is 16.8 Å². The van der Waals surface area contributed by atoms with Gasteiger partial charge in [-0.3, -0.25) is 4.79 Å². The summed E-state index contributed by atoms with van der Waals surface area (Å²) in [6, 6.07) is 16.7. The second kappa shape index (κ2) is 5.82. The Balaban J connectivity index is 0.000000408. The van der Waals surface area contributed by atoms with Gasteiger partial charge in [0.1, 0.15) is 5.82 Å². The molecule has 2 aromatic heterocycles. The molecule has 0 spiro atoms. The zero-order valence-corrected chi connectivity index (χ0v) is 10.2. The van der Waals surface area contributed by atoms with Crippen LogP contribution in [0.15, 0.2) is 60.8 Å². The van der Waals surface area contributed by atoms with Crippen molar-refractivity contribution in [3.05, 3.63) is 66.6 Å². The van der Waals surface area contributed by atoms with Crippen molar-refractivity contribution in [2.24, 2.45) is 5.73 Å². The fourth-order valence-corrected chi connectivity index (χ4v) is 1.94. The third-order valence-electron chi connectivity index (χ3n) is 2.68. The van der Waals surface area contributed by atoms with Gasteiger partial charge in [-0.2, -0.15) is 0 Å². The molecule has 0 fully saturated rings. The first-order valence-electron chi connectivity index (χ1n) is 5.73. The number of hydrogen-bond donors (Lipinski definition) is 1.